The summed E-state index contributed by atoms with van der Waals surface area (Å²) in [6.45, 7) is 11.9. The third kappa shape index (κ3) is 1.95. The van der Waals surface area contributed by atoms with Gasteiger partial charge in [0, 0.05) is 6.04 Å². The van der Waals surface area contributed by atoms with Crippen LogP contribution in [0.15, 0.2) is 23.8 Å². The van der Waals surface area contributed by atoms with Gasteiger partial charge in [-0.2, -0.15) is 0 Å². The molecular weight excluding hydrogens is 169 g/mol. The van der Waals surface area contributed by atoms with Gasteiger partial charge in [-0.3, -0.25) is 0 Å². The van der Waals surface area contributed by atoms with Crippen LogP contribution in [0.25, 0.3) is 0 Å². The van der Waals surface area contributed by atoms with Gasteiger partial charge in [0.2, 0.25) is 6.85 Å². The summed E-state index contributed by atoms with van der Waals surface area (Å²) >= 11 is 0. The lowest BCUT2D eigenvalue weighted by atomic mass is 9.41. The lowest BCUT2D eigenvalue weighted by Crippen LogP contribution is -2.49. The quantitative estimate of drug-likeness (QED) is 0.575. The van der Waals surface area contributed by atoms with E-state index in [4.69, 9.17) is 0 Å². The number of allylic oxidation sites excluding steroid dienone is 2. The van der Waals surface area contributed by atoms with E-state index in [0.29, 0.717) is 12.9 Å². The summed E-state index contributed by atoms with van der Waals surface area (Å²) in [6.07, 6.45) is 6.78. The van der Waals surface area contributed by atoms with E-state index in [1.807, 2.05) is 0 Å². The zero-order valence-electron chi connectivity index (χ0n) is 10.3. The fourth-order valence-electron chi connectivity index (χ4n) is 2.15. The molecule has 0 aliphatic carbocycles. The van der Waals surface area contributed by atoms with Gasteiger partial charge in [0.1, 0.15) is 0 Å². The third-order valence-electron chi connectivity index (χ3n) is 3.68. The molecule has 0 saturated carbocycles. The van der Waals surface area contributed by atoms with E-state index < -0.39 is 0 Å². The van der Waals surface area contributed by atoms with Gasteiger partial charge in [0.05, 0.1) is 0 Å². The summed E-state index contributed by atoms with van der Waals surface area (Å²) in [7, 11) is 2.22. The van der Waals surface area contributed by atoms with Crippen LogP contribution in [0.2, 0.25) is 12.1 Å². The van der Waals surface area contributed by atoms with Gasteiger partial charge in [0.15, 0.2) is 0 Å². The second kappa shape index (κ2) is 3.94. The van der Waals surface area contributed by atoms with Crippen LogP contribution >= 0.6 is 0 Å². The Balaban J connectivity index is 3.07. The molecule has 0 saturated heterocycles. The second-order valence-corrected chi connectivity index (χ2v) is 4.98. The van der Waals surface area contributed by atoms with Crippen LogP contribution < -0.4 is 0 Å². The van der Waals surface area contributed by atoms with Crippen molar-refractivity contribution in [3.8, 4) is 0 Å². The Labute approximate surface area is 89.0 Å². The summed E-state index contributed by atoms with van der Waals surface area (Å²) < 4.78 is 0. The summed E-state index contributed by atoms with van der Waals surface area (Å²) in [5.74, 6) is 0. The molecular formula is C12H22BN. The van der Waals surface area contributed by atoms with Crippen LogP contribution in [0.4, 0.5) is 0 Å². The molecule has 0 spiro atoms. The van der Waals surface area contributed by atoms with Crippen molar-refractivity contribution < 1.29 is 0 Å². The first-order valence-electron chi connectivity index (χ1n) is 5.47. The lowest BCUT2D eigenvalue weighted by Gasteiger charge is -2.43. The van der Waals surface area contributed by atoms with E-state index in [1.54, 1.807) is 0 Å². The topological polar surface area (TPSA) is 3.24 Å². The van der Waals surface area contributed by atoms with Gasteiger partial charge < -0.3 is 4.81 Å². The van der Waals surface area contributed by atoms with Crippen molar-refractivity contribution in [3.05, 3.63) is 23.8 Å². The van der Waals surface area contributed by atoms with Crippen LogP contribution in [-0.4, -0.2) is 24.7 Å². The van der Waals surface area contributed by atoms with Gasteiger partial charge in [-0.1, -0.05) is 38.9 Å². The second-order valence-electron chi connectivity index (χ2n) is 4.98. The molecule has 0 bridgehead atoms. The first-order valence-corrected chi connectivity index (χ1v) is 5.47. The van der Waals surface area contributed by atoms with Gasteiger partial charge in [-0.15, -0.1) is 0 Å². The average Bonchev–Trinajstić information content (AvgIpc) is 2.11. The van der Waals surface area contributed by atoms with Crippen molar-refractivity contribution in [2.45, 2.75) is 45.9 Å². The highest BCUT2D eigenvalue weighted by atomic mass is 15.1. The Morgan fingerprint density at radius 2 is 2.07 bits per heavy atom. The number of likely N-dealkylation sites (N-methyl/N-ethyl adjacent to an activating group) is 1. The SMILES string of the molecule is CC=CC1=CC(C)(C)B(C)N(C)C1C. The molecule has 0 aromatic carbocycles. The minimum absolute atomic E-state index is 0.274. The first-order chi connectivity index (χ1) is 6.40. The van der Waals surface area contributed by atoms with Crippen LogP contribution in [0.3, 0.4) is 0 Å². The van der Waals surface area contributed by atoms with Gasteiger partial charge >= 0.3 is 0 Å². The molecule has 1 unspecified atom stereocenters. The Morgan fingerprint density at radius 1 is 1.50 bits per heavy atom. The first kappa shape index (κ1) is 11.6. The third-order valence-corrected chi connectivity index (χ3v) is 3.68. The fraction of sp³-hybridized carbons (Fsp3) is 0.667. The number of nitrogens with zero attached hydrogens (tertiary/aromatic N) is 1. The molecule has 1 aliphatic heterocycles. The van der Waals surface area contributed by atoms with Crippen molar-refractivity contribution in [1.82, 2.24) is 4.81 Å². The van der Waals surface area contributed by atoms with Gasteiger partial charge in [-0.25, -0.2) is 0 Å². The average molecular weight is 191 g/mol. The monoisotopic (exact) mass is 191 g/mol. The van der Waals surface area contributed by atoms with Gasteiger partial charge in [0.25, 0.3) is 0 Å². The summed E-state index contributed by atoms with van der Waals surface area (Å²) in [4.78, 5) is 2.45. The highest BCUT2D eigenvalue weighted by Crippen LogP contribution is 2.39. The number of hydrogen-bond donors (Lipinski definition) is 0. The maximum absolute atomic E-state index is 2.45. The predicted molar refractivity (Wildman–Crippen MR) is 65.8 cm³/mol. The molecule has 0 fully saturated rings. The van der Waals surface area contributed by atoms with E-state index in [0.717, 1.165) is 0 Å². The highest BCUT2D eigenvalue weighted by molar-refractivity contribution is 6.58. The van der Waals surface area contributed by atoms with Crippen LogP contribution in [0.1, 0.15) is 27.7 Å². The minimum atomic E-state index is 0.274. The molecule has 14 heavy (non-hydrogen) atoms. The molecule has 0 aromatic rings. The summed E-state index contributed by atoms with van der Waals surface area (Å²) in [5, 5.41) is 0.274. The van der Waals surface area contributed by atoms with Crippen molar-refractivity contribution in [2.75, 3.05) is 7.05 Å². The minimum Gasteiger partial charge on any atom is -0.338 e. The summed E-state index contributed by atoms with van der Waals surface area (Å²) in [6, 6.07) is 0.536. The van der Waals surface area contributed by atoms with Gasteiger partial charge in [-0.05, 0) is 31.8 Å². The lowest BCUT2D eigenvalue weighted by molar-refractivity contribution is 0.421. The Hall–Kier alpha value is -0.495. The van der Waals surface area contributed by atoms with E-state index >= 15 is 0 Å². The zero-order valence-corrected chi connectivity index (χ0v) is 10.3. The maximum atomic E-state index is 2.45. The van der Waals surface area contributed by atoms with Crippen molar-refractivity contribution >= 4 is 6.85 Å². The summed E-state index contributed by atoms with van der Waals surface area (Å²) in [5.41, 5.74) is 1.44. The maximum Gasteiger partial charge on any atom is 0.230 e. The van der Waals surface area contributed by atoms with E-state index in [-0.39, 0.29) is 5.31 Å². The molecule has 2 heteroatoms. The molecule has 1 rings (SSSR count). The predicted octanol–water partition coefficient (Wildman–Crippen LogP) is 3.22. The molecule has 0 aromatic heterocycles. The number of rotatable bonds is 1. The normalized spacial score (nSPS) is 28.3. The smallest absolute Gasteiger partial charge is 0.230 e. The largest absolute Gasteiger partial charge is 0.338 e. The number of hydrogen-bond acceptors (Lipinski definition) is 1. The Morgan fingerprint density at radius 3 is 2.57 bits per heavy atom. The zero-order chi connectivity index (χ0) is 10.9. The van der Waals surface area contributed by atoms with E-state index in [1.165, 1.54) is 5.57 Å². The van der Waals surface area contributed by atoms with Crippen molar-refractivity contribution in [1.29, 1.82) is 0 Å². The van der Waals surface area contributed by atoms with Crippen molar-refractivity contribution in [2.24, 2.45) is 0 Å². The standard InChI is InChI=1S/C12H22BN/c1-7-8-11-9-12(3,4)13(5)14(6)10(11)2/h7-10H,1-6H3. The fourth-order valence-corrected chi connectivity index (χ4v) is 2.15. The molecule has 1 nitrogen and oxygen atoms in total. The Bertz CT molecular complexity index is 265. The van der Waals surface area contributed by atoms with E-state index in [9.17, 15) is 0 Å². The van der Waals surface area contributed by atoms with Crippen LogP contribution in [0.5, 0.6) is 0 Å². The molecule has 78 valence electrons. The molecule has 1 atom stereocenters. The molecule has 1 aliphatic rings. The van der Waals surface area contributed by atoms with Crippen molar-refractivity contribution in [3.63, 3.8) is 0 Å². The van der Waals surface area contributed by atoms with E-state index in [2.05, 4.69) is 64.6 Å². The molecule has 0 amide bonds. The molecule has 1 heterocycles. The van der Waals surface area contributed by atoms with Crippen LogP contribution in [-0.2, 0) is 0 Å². The van der Waals surface area contributed by atoms with Crippen LogP contribution in [0, 0.1) is 0 Å². The Kier molecular flexibility index (Phi) is 3.26. The molecule has 0 radical (unpaired) electrons. The highest BCUT2D eigenvalue weighted by Gasteiger charge is 2.37. The molecule has 0 N–H and O–H groups in total.